The third-order valence-electron chi connectivity index (χ3n) is 6.95. The van der Waals surface area contributed by atoms with Gasteiger partial charge < -0.3 is 30.4 Å². The van der Waals surface area contributed by atoms with Gasteiger partial charge in [0, 0.05) is 43.8 Å². The zero-order valence-corrected chi connectivity index (χ0v) is 19.8. The van der Waals surface area contributed by atoms with Gasteiger partial charge in [0.1, 0.15) is 22.4 Å². The largest absolute Gasteiger partial charge is 0.378 e. The number of thiophene rings is 1. The molecule has 34 heavy (non-hydrogen) atoms. The highest BCUT2D eigenvalue weighted by atomic mass is 32.1. The normalized spacial score (nSPS) is 22.0. The third kappa shape index (κ3) is 3.85. The monoisotopic (exact) mass is 481 g/mol. The van der Waals surface area contributed by atoms with Crippen molar-refractivity contribution in [1.82, 2.24) is 25.2 Å². The first kappa shape index (κ1) is 21.6. The fourth-order valence-corrected chi connectivity index (χ4v) is 5.73. The van der Waals surface area contributed by atoms with Crippen LogP contribution in [0.15, 0.2) is 34.4 Å². The van der Waals surface area contributed by atoms with E-state index in [9.17, 15) is 9.18 Å². The Balaban J connectivity index is 1.42. The molecule has 2 fully saturated rings. The third-order valence-corrected chi connectivity index (χ3v) is 7.78. The summed E-state index contributed by atoms with van der Waals surface area (Å²) >= 11 is 1.46. The lowest BCUT2D eigenvalue weighted by Crippen LogP contribution is -2.45. The molecule has 0 saturated carbocycles. The predicted molar refractivity (Wildman–Crippen MR) is 137 cm³/mol. The molecule has 0 unspecified atom stereocenters. The van der Waals surface area contributed by atoms with Crippen molar-refractivity contribution in [1.29, 1.82) is 0 Å². The Morgan fingerprint density at radius 2 is 2.03 bits per heavy atom. The lowest BCUT2D eigenvalue weighted by atomic mass is 10.0. The number of benzene rings is 1. The van der Waals surface area contributed by atoms with Gasteiger partial charge >= 0.3 is 0 Å². The van der Waals surface area contributed by atoms with Gasteiger partial charge in [-0.3, -0.25) is 4.79 Å². The molecule has 3 aromatic heterocycles. The van der Waals surface area contributed by atoms with E-state index in [1.807, 2.05) is 17.5 Å². The van der Waals surface area contributed by atoms with Crippen LogP contribution in [0.2, 0.25) is 0 Å². The SMILES string of the molecule is CN1CCN(c2ccc3nc(-c4c(N[C@H]5CCNC[C@H]5F)c5ccsc5[nH]c4=O)[nH]c3c2)CC1. The lowest BCUT2D eigenvalue weighted by Gasteiger charge is -2.34. The fourth-order valence-electron chi connectivity index (χ4n) is 4.94. The number of hydrogen-bond donors (Lipinski definition) is 4. The van der Waals surface area contributed by atoms with Crippen molar-refractivity contribution in [2.75, 3.05) is 56.5 Å². The summed E-state index contributed by atoms with van der Waals surface area (Å²) in [5.74, 6) is 0.492. The molecule has 0 aliphatic carbocycles. The van der Waals surface area contributed by atoms with Crippen LogP contribution in [0.5, 0.6) is 0 Å². The molecule has 6 rings (SSSR count). The van der Waals surface area contributed by atoms with Gasteiger partial charge in [-0.15, -0.1) is 11.3 Å². The van der Waals surface area contributed by atoms with E-state index in [1.54, 1.807) is 0 Å². The molecule has 2 atom stereocenters. The molecular weight excluding hydrogens is 453 g/mol. The lowest BCUT2D eigenvalue weighted by molar-refractivity contribution is 0.245. The Kier molecular flexibility index (Phi) is 5.51. The molecule has 178 valence electrons. The number of anilines is 2. The van der Waals surface area contributed by atoms with Crippen molar-refractivity contribution in [2.45, 2.75) is 18.6 Å². The number of alkyl halides is 1. The van der Waals surface area contributed by atoms with Gasteiger partial charge in [-0.25, -0.2) is 9.37 Å². The number of likely N-dealkylation sites (N-methyl/N-ethyl adjacent to an activating group) is 1. The summed E-state index contributed by atoms with van der Waals surface area (Å²) in [5.41, 5.74) is 3.66. The average molecular weight is 482 g/mol. The highest BCUT2D eigenvalue weighted by Gasteiger charge is 2.28. The molecule has 2 aliphatic rings. The van der Waals surface area contributed by atoms with Crippen molar-refractivity contribution >= 4 is 44.0 Å². The summed E-state index contributed by atoms with van der Waals surface area (Å²) < 4.78 is 14.7. The second-order valence-corrected chi connectivity index (χ2v) is 10.1. The standard InChI is InChI=1S/C24H28FN7OS/c1-31-7-9-32(10-8-31)14-2-3-18-19(12-14)29-22(28-18)20-21(27-17-4-6-26-13-16(17)25)15-5-11-34-24(15)30-23(20)33/h2-3,5,11-12,16-17,26H,4,6-10,13H2,1H3,(H,28,29)(H2,27,30,33)/t16-,17+/m1/s1. The second-order valence-electron chi connectivity index (χ2n) is 9.20. The number of hydrogen-bond acceptors (Lipinski definition) is 7. The Morgan fingerprint density at radius 3 is 2.85 bits per heavy atom. The minimum absolute atomic E-state index is 0.236. The number of aromatic amines is 2. The first-order chi connectivity index (χ1) is 16.6. The van der Waals surface area contributed by atoms with Gasteiger partial charge in [-0.2, -0.15) is 0 Å². The van der Waals surface area contributed by atoms with E-state index in [-0.39, 0.29) is 11.6 Å². The molecule has 0 bridgehead atoms. The molecular formula is C24H28FN7OS. The van der Waals surface area contributed by atoms with Crippen molar-refractivity contribution in [3.05, 3.63) is 40.0 Å². The van der Waals surface area contributed by atoms with E-state index in [4.69, 9.17) is 4.98 Å². The maximum Gasteiger partial charge on any atom is 0.262 e. The first-order valence-corrected chi connectivity index (χ1v) is 12.6. The van der Waals surface area contributed by atoms with Gasteiger partial charge in [-0.05, 0) is 49.7 Å². The van der Waals surface area contributed by atoms with E-state index in [0.717, 1.165) is 59.7 Å². The number of rotatable bonds is 4. The van der Waals surface area contributed by atoms with Crippen LogP contribution in [-0.4, -0.2) is 78.4 Å². The van der Waals surface area contributed by atoms with Crippen LogP contribution < -0.4 is 21.1 Å². The van der Waals surface area contributed by atoms with Gasteiger partial charge in [0.05, 0.1) is 22.8 Å². The van der Waals surface area contributed by atoms with Crippen LogP contribution in [0.3, 0.4) is 0 Å². The maximum atomic E-state index is 14.7. The number of piperidine rings is 1. The Morgan fingerprint density at radius 1 is 1.18 bits per heavy atom. The van der Waals surface area contributed by atoms with E-state index < -0.39 is 6.17 Å². The van der Waals surface area contributed by atoms with Crippen molar-refractivity contribution in [3.63, 3.8) is 0 Å². The van der Waals surface area contributed by atoms with Crippen LogP contribution in [0, 0.1) is 0 Å². The van der Waals surface area contributed by atoms with E-state index in [2.05, 4.69) is 49.6 Å². The number of piperazine rings is 1. The summed E-state index contributed by atoms with van der Waals surface area (Å²) in [7, 11) is 2.14. The van der Waals surface area contributed by atoms with Crippen LogP contribution in [-0.2, 0) is 0 Å². The number of imidazole rings is 1. The van der Waals surface area contributed by atoms with Crippen molar-refractivity contribution in [2.24, 2.45) is 0 Å². The molecule has 10 heteroatoms. The van der Waals surface area contributed by atoms with Gasteiger partial charge in [0.25, 0.3) is 5.56 Å². The summed E-state index contributed by atoms with van der Waals surface area (Å²) in [6.07, 6.45) is -0.385. The van der Waals surface area contributed by atoms with Gasteiger partial charge in [-0.1, -0.05) is 0 Å². The van der Waals surface area contributed by atoms with Crippen molar-refractivity contribution < 1.29 is 4.39 Å². The van der Waals surface area contributed by atoms with Crippen LogP contribution >= 0.6 is 11.3 Å². The van der Waals surface area contributed by atoms with Crippen LogP contribution in [0.25, 0.3) is 32.6 Å². The van der Waals surface area contributed by atoms with E-state index in [1.165, 1.54) is 11.3 Å². The molecule has 8 nitrogen and oxygen atoms in total. The number of halogens is 1. The number of H-pyrrole nitrogens is 2. The fraction of sp³-hybridized carbons (Fsp3) is 0.417. The van der Waals surface area contributed by atoms with E-state index >= 15 is 0 Å². The van der Waals surface area contributed by atoms with Gasteiger partial charge in [0.2, 0.25) is 0 Å². The highest BCUT2D eigenvalue weighted by Crippen LogP contribution is 2.35. The highest BCUT2D eigenvalue weighted by molar-refractivity contribution is 7.16. The Labute approximate surface area is 200 Å². The minimum Gasteiger partial charge on any atom is -0.378 e. The topological polar surface area (TPSA) is 92.1 Å². The van der Waals surface area contributed by atoms with Gasteiger partial charge in [0.15, 0.2) is 0 Å². The molecule has 0 spiro atoms. The van der Waals surface area contributed by atoms with E-state index in [0.29, 0.717) is 30.0 Å². The molecule has 2 aliphatic heterocycles. The zero-order chi connectivity index (χ0) is 23.2. The first-order valence-electron chi connectivity index (χ1n) is 11.8. The smallest absolute Gasteiger partial charge is 0.262 e. The second kappa shape index (κ2) is 8.68. The number of fused-ring (bicyclic) bond motifs is 2. The van der Waals surface area contributed by atoms with Crippen molar-refractivity contribution in [3.8, 4) is 11.4 Å². The number of pyridine rings is 1. The molecule has 1 aromatic carbocycles. The molecule has 4 aromatic rings. The Hall–Kier alpha value is -2.95. The number of nitrogens with one attached hydrogen (secondary N) is 4. The summed E-state index contributed by atoms with van der Waals surface area (Å²) in [6, 6.07) is 7.79. The molecule has 4 N–H and O–H groups in total. The maximum absolute atomic E-state index is 14.7. The predicted octanol–water partition coefficient (Wildman–Crippen LogP) is 3.00. The molecule has 0 amide bonds. The Bertz CT molecular complexity index is 1390. The summed E-state index contributed by atoms with van der Waals surface area (Å²) in [6.45, 7) is 5.07. The molecule has 5 heterocycles. The minimum atomic E-state index is -1.03. The van der Waals surface area contributed by atoms with Crippen LogP contribution in [0.4, 0.5) is 15.8 Å². The summed E-state index contributed by atoms with van der Waals surface area (Å²) in [5, 5.41) is 9.28. The zero-order valence-electron chi connectivity index (χ0n) is 19.0. The van der Waals surface area contributed by atoms with Crippen LogP contribution in [0.1, 0.15) is 6.42 Å². The number of aromatic nitrogens is 3. The molecule has 0 radical (unpaired) electrons. The molecule has 2 saturated heterocycles. The quantitative estimate of drug-likeness (QED) is 0.358. The number of nitrogens with zero attached hydrogens (tertiary/aromatic N) is 3. The summed E-state index contributed by atoms with van der Waals surface area (Å²) in [4.78, 5) is 29.8. The average Bonchev–Trinajstić information content (AvgIpc) is 3.47.